The Morgan fingerprint density at radius 1 is 1.17 bits per heavy atom. The van der Waals surface area contributed by atoms with Crippen LogP contribution in [0.1, 0.15) is 20.3 Å². The molecular formula is C18H24N5NaO5. The second-order valence-electron chi connectivity index (χ2n) is 7.35. The van der Waals surface area contributed by atoms with Crippen LogP contribution in [0.2, 0.25) is 0 Å². The molecule has 1 aromatic heterocycles. The number of aliphatic carboxylic acids is 1. The summed E-state index contributed by atoms with van der Waals surface area (Å²) in [6.07, 6.45) is 1.49. The minimum Gasteiger partial charge on any atom is -0.547 e. The van der Waals surface area contributed by atoms with Crippen LogP contribution in [0.15, 0.2) is 18.5 Å². The summed E-state index contributed by atoms with van der Waals surface area (Å²) in [5.74, 6) is -1.40. The minimum absolute atomic E-state index is 0. The maximum Gasteiger partial charge on any atom is 1.00 e. The van der Waals surface area contributed by atoms with Gasteiger partial charge in [0.2, 0.25) is 11.9 Å². The van der Waals surface area contributed by atoms with Gasteiger partial charge in [0.25, 0.3) is 5.91 Å². The van der Waals surface area contributed by atoms with Gasteiger partial charge in [-0.3, -0.25) is 9.59 Å². The van der Waals surface area contributed by atoms with Crippen molar-refractivity contribution in [2.45, 2.75) is 38.5 Å². The number of anilines is 1. The molecule has 0 unspecified atom stereocenters. The molecule has 0 aromatic carbocycles. The molecule has 2 aliphatic rings. The summed E-state index contributed by atoms with van der Waals surface area (Å²) in [6.45, 7) is 6.07. The molecule has 10 nitrogen and oxygen atoms in total. The summed E-state index contributed by atoms with van der Waals surface area (Å²) in [7, 11) is 0. The Kier molecular flexibility index (Phi) is 8.38. The summed E-state index contributed by atoms with van der Waals surface area (Å²) in [4.78, 5) is 48.1. The van der Waals surface area contributed by atoms with Crippen molar-refractivity contribution in [3.05, 3.63) is 18.5 Å². The Bertz CT molecular complexity index is 727. The number of carbonyl (C=O) groups is 3. The van der Waals surface area contributed by atoms with Gasteiger partial charge in [0.15, 0.2) is 6.10 Å². The first-order chi connectivity index (χ1) is 13.4. The van der Waals surface area contributed by atoms with E-state index in [-0.39, 0.29) is 41.4 Å². The van der Waals surface area contributed by atoms with Gasteiger partial charge in [0, 0.05) is 38.6 Å². The second kappa shape index (κ2) is 10.3. The average molecular weight is 413 g/mol. The molecule has 2 amide bonds. The maximum absolute atomic E-state index is 13.0. The van der Waals surface area contributed by atoms with Crippen molar-refractivity contribution < 1.29 is 53.8 Å². The van der Waals surface area contributed by atoms with Gasteiger partial charge in [-0.15, -0.1) is 0 Å². The van der Waals surface area contributed by atoms with E-state index in [4.69, 9.17) is 4.74 Å². The Morgan fingerprint density at radius 2 is 1.79 bits per heavy atom. The number of rotatable bonds is 7. The van der Waals surface area contributed by atoms with E-state index in [0.717, 1.165) is 0 Å². The number of nitrogens with one attached hydrogen (secondary N) is 1. The number of hydrogen-bond donors (Lipinski definition) is 1. The third-order valence-corrected chi connectivity index (χ3v) is 4.73. The van der Waals surface area contributed by atoms with Crippen molar-refractivity contribution in [1.82, 2.24) is 20.2 Å². The van der Waals surface area contributed by atoms with E-state index < -0.39 is 30.1 Å². The van der Waals surface area contributed by atoms with E-state index in [1.165, 1.54) is 0 Å². The predicted octanol–water partition coefficient (Wildman–Crippen LogP) is -4.82. The van der Waals surface area contributed by atoms with E-state index in [9.17, 15) is 19.5 Å². The molecule has 29 heavy (non-hydrogen) atoms. The number of aromatic nitrogens is 2. The summed E-state index contributed by atoms with van der Waals surface area (Å²) in [5, 5.41) is 13.4. The molecule has 1 N–H and O–H groups in total. The van der Waals surface area contributed by atoms with Gasteiger partial charge in [0.05, 0.1) is 5.97 Å². The van der Waals surface area contributed by atoms with Gasteiger partial charge in [-0.2, -0.15) is 0 Å². The molecule has 3 atom stereocenters. The van der Waals surface area contributed by atoms with Crippen LogP contribution >= 0.6 is 0 Å². The van der Waals surface area contributed by atoms with Crippen molar-refractivity contribution >= 4 is 23.7 Å². The molecule has 11 heteroatoms. The quantitative estimate of drug-likeness (QED) is 0.348. The van der Waals surface area contributed by atoms with Crippen molar-refractivity contribution in [3.63, 3.8) is 0 Å². The largest absolute Gasteiger partial charge is 1.00 e. The molecule has 2 aliphatic heterocycles. The Balaban J connectivity index is 0.00000300. The number of epoxide rings is 1. The zero-order chi connectivity index (χ0) is 20.3. The SMILES string of the molecule is CC(C)C[C@H](NC(=O)[C@H]1O[C@@H]1C(=O)[O-])C(=O)N1CCN(c2ncccn2)CC1.[Na+]. The van der Waals surface area contributed by atoms with Gasteiger partial charge in [-0.1, -0.05) is 13.8 Å². The number of carbonyl (C=O) groups excluding carboxylic acids is 3. The molecule has 0 aliphatic carbocycles. The fraction of sp³-hybridized carbons (Fsp3) is 0.611. The van der Waals surface area contributed by atoms with E-state index in [2.05, 4.69) is 15.3 Å². The average Bonchev–Trinajstić information content (AvgIpc) is 3.49. The third kappa shape index (κ3) is 6.11. The first kappa shape index (κ1) is 23.5. The first-order valence-corrected chi connectivity index (χ1v) is 9.34. The van der Waals surface area contributed by atoms with Crippen LogP contribution in [0.4, 0.5) is 5.95 Å². The molecule has 0 saturated carbocycles. The number of amides is 2. The molecule has 1 aromatic rings. The molecule has 152 valence electrons. The van der Waals surface area contributed by atoms with Crippen LogP contribution in [-0.4, -0.2) is 77.1 Å². The number of hydrogen-bond acceptors (Lipinski definition) is 8. The molecule has 2 fully saturated rings. The summed E-state index contributed by atoms with van der Waals surface area (Å²) >= 11 is 0. The van der Waals surface area contributed by atoms with Gasteiger partial charge in [-0.25, -0.2) is 9.97 Å². The molecule has 3 rings (SSSR count). The van der Waals surface area contributed by atoms with Crippen molar-refractivity contribution in [3.8, 4) is 0 Å². The van der Waals surface area contributed by atoms with Crippen LogP contribution in [0.25, 0.3) is 0 Å². The maximum atomic E-state index is 13.0. The van der Waals surface area contributed by atoms with Crippen molar-refractivity contribution in [2.75, 3.05) is 31.1 Å². The molecule has 3 heterocycles. The number of ether oxygens (including phenoxy) is 1. The number of piperazine rings is 1. The van der Waals surface area contributed by atoms with Gasteiger partial charge < -0.3 is 29.8 Å². The van der Waals surface area contributed by atoms with Crippen molar-refractivity contribution in [2.24, 2.45) is 5.92 Å². The smallest absolute Gasteiger partial charge is 0.547 e. The van der Waals surface area contributed by atoms with Crippen LogP contribution in [0, 0.1) is 5.92 Å². The summed E-state index contributed by atoms with van der Waals surface area (Å²) in [5.41, 5.74) is 0. The van der Waals surface area contributed by atoms with E-state index in [1.54, 1.807) is 23.4 Å². The normalized spacial score (nSPS) is 21.9. The standard InChI is InChI=1S/C18H25N5O5.Na/c1-11(2)10-12(21-15(24)13-14(28-13)17(26)27)16(25)22-6-8-23(9-7-22)18-19-4-3-5-20-18;/h3-5,11-14H,6-10H2,1-2H3,(H,21,24)(H,26,27);/q;+1/p-1/t12-,13-,14-;/m0./s1. The van der Waals surface area contributed by atoms with Gasteiger partial charge in [-0.05, 0) is 18.4 Å². The molecule has 2 saturated heterocycles. The van der Waals surface area contributed by atoms with Crippen LogP contribution in [-0.2, 0) is 19.1 Å². The Morgan fingerprint density at radius 3 is 2.31 bits per heavy atom. The number of carboxylic acids is 1. The van der Waals surface area contributed by atoms with Crippen LogP contribution < -0.4 is 44.9 Å². The number of carboxylic acid groups (broad SMARTS) is 1. The predicted molar refractivity (Wildman–Crippen MR) is 95.9 cm³/mol. The molecule has 0 spiro atoms. The Labute approximate surface area is 191 Å². The van der Waals surface area contributed by atoms with E-state index in [1.807, 2.05) is 18.7 Å². The fourth-order valence-corrected chi connectivity index (χ4v) is 3.24. The summed E-state index contributed by atoms with van der Waals surface area (Å²) in [6, 6.07) is 1.02. The fourth-order valence-electron chi connectivity index (χ4n) is 3.24. The molecular weight excluding hydrogens is 389 g/mol. The van der Waals surface area contributed by atoms with E-state index in [0.29, 0.717) is 38.5 Å². The second-order valence-corrected chi connectivity index (χ2v) is 7.35. The molecule has 0 bridgehead atoms. The van der Waals surface area contributed by atoms with E-state index >= 15 is 0 Å². The van der Waals surface area contributed by atoms with Crippen LogP contribution in [0.5, 0.6) is 0 Å². The van der Waals surface area contributed by atoms with Crippen LogP contribution in [0.3, 0.4) is 0 Å². The number of nitrogens with zero attached hydrogens (tertiary/aromatic N) is 4. The summed E-state index contributed by atoms with van der Waals surface area (Å²) < 4.78 is 4.81. The first-order valence-electron chi connectivity index (χ1n) is 9.34. The minimum atomic E-state index is -1.42. The monoisotopic (exact) mass is 413 g/mol. The zero-order valence-corrected chi connectivity index (χ0v) is 18.9. The topological polar surface area (TPSA) is 131 Å². The zero-order valence-electron chi connectivity index (χ0n) is 16.9. The Hall–Kier alpha value is -1.75. The van der Waals surface area contributed by atoms with Gasteiger partial charge >= 0.3 is 29.6 Å². The third-order valence-electron chi connectivity index (χ3n) is 4.73. The molecule has 0 radical (unpaired) electrons. The van der Waals surface area contributed by atoms with Gasteiger partial charge in [0.1, 0.15) is 12.1 Å². The van der Waals surface area contributed by atoms with Crippen molar-refractivity contribution in [1.29, 1.82) is 0 Å².